The Hall–Kier alpha value is -1.71. The fraction of sp³-hybridized carbons (Fsp3) is 0.462. The summed E-state index contributed by atoms with van der Waals surface area (Å²) in [5.41, 5.74) is -0.316. The lowest BCUT2D eigenvalue weighted by molar-refractivity contribution is -0.384. The van der Waals surface area contributed by atoms with Gasteiger partial charge in [-0.3, -0.25) is 14.9 Å². The summed E-state index contributed by atoms with van der Waals surface area (Å²) in [5, 5.41) is 19.6. The molecule has 0 radical (unpaired) electrons. The third-order valence-corrected chi connectivity index (χ3v) is 6.43. The lowest BCUT2D eigenvalue weighted by atomic mass is 9.92. The van der Waals surface area contributed by atoms with Crippen LogP contribution >= 0.6 is 11.6 Å². The van der Waals surface area contributed by atoms with Crippen molar-refractivity contribution in [2.75, 3.05) is 6.54 Å². The second kappa shape index (κ2) is 6.42. The summed E-state index contributed by atoms with van der Waals surface area (Å²) in [6, 6.07) is 2.38. The summed E-state index contributed by atoms with van der Waals surface area (Å²) >= 11 is 5.90. The van der Waals surface area contributed by atoms with Crippen LogP contribution in [0.25, 0.3) is 0 Å². The van der Waals surface area contributed by atoms with Crippen molar-refractivity contribution in [1.29, 1.82) is 0 Å². The van der Waals surface area contributed by atoms with Crippen molar-refractivity contribution in [2.45, 2.75) is 30.7 Å². The van der Waals surface area contributed by atoms with E-state index >= 15 is 0 Å². The van der Waals surface area contributed by atoms with Crippen LogP contribution in [-0.2, 0) is 14.8 Å². The van der Waals surface area contributed by atoms with Gasteiger partial charge in [-0.1, -0.05) is 11.6 Å². The van der Waals surface area contributed by atoms with Crippen LogP contribution < -0.4 is 0 Å². The van der Waals surface area contributed by atoms with Crippen molar-refractivity contribution in [3.63, 3.8) is 0 Å². The topological polar surface area (TPSA) is 118 Å². The van der Waals surface area contributed by atoms with Crippen LogP contribution in [0.2, 0.25) is 5.02 Å². The molecule has 1 aliphatic rings. The fourth-order valence-corrected chi connectivity index (χ4v) is 4.94. The van der Waals surface area contributed by atoms with E-state index in [4.69, 9.17) is 11.6 Å². The molecule has 0 spiro atoms. The molecular weight excluding hydrogens is 348 g/mol. The SMILES string of the molecule is C[C@@H]1[C@H](C(=O)O)CCCN1S(=O)(=O)c1ccc([N+](=O)[O-])cc1Cl. The Kier molecular flexibility index (Phi) is 4.92. The molecule has 0 aromatic heterocycles. The molecule has 23 heavy (non-hydrogen) atoms. The number of nitro benzene ring substituents is 1. The molecule has 0 amide bonds. The molecule has 1 aliphatic heterocycles. The lowest BCUT2D eigenvalue weighted by Crippen LogP contribution is -2.49. The largest absolute Gasteiger partial charge is 0.481 e. The summed E-state index contributed by atoms with van der Waals surface area (Å²) in [6.45, 7) is 1.72. The number of benzene rings is 1. The van der Waals surface area contributed by atoms with Crippen LogP contribution in [-0.4, -0.2) is 41.3 Å². The number of carboxylic acids is 1. The number of carboxylic acid groups (broad SMARTS) is 1. The molecule has 2 atom stereocenters. The average molecular weight is 363 g/mol. The summed E-state index contributed by atoms with van der Waals surface area (Å²) in [4.78, 5) is 21.0. The molecule has 10 heteroatoms. The molecule has 0 bridgehead atoms. The van der Waals surface area contributed by atoms with Gasteiger partial charge in [0.25, 0.3) is 5.69 Å². The smallest absolute Gasteiger partial charge is 0.308 e. The van der Waals surface area contributed by atoms with Gasteiger partial charge in [0.1, 0.15) is 4.90 Å². The first kappa shape index (κ1) is 17.6. The number of nitro groups is 1. The molecule has 2 rings (SSSR count). The Morgan fingerprint density at radius 2 is 2.13 bits per heavy atom. The number of nitrogens with zero attached hydrogens (tertiary/aromatic N) is 2. The van der Waals surface area contributed by atoms with Crippen molar-refractivity contribution in [3.05, 3.63) is 33.3 Å². The highest BCUT2D eigenvalue weighted by Gasteiger charge is 2.40. The zero-order valence-electron chi connectivity index (χ0n) is 12.2. The highest BCUT2D eigenvalue weighted by Crippen LogP contribution is 2.33. The number of hydrogen-bond acceptors (Lipinski definition) is 5. The average Bonchev–Trinajstić information content (AvgIpc) is 2.46. The number of hydrogen-bond donors (Lipinski definition) is 1. The zero-order chi connectivity index (χ0) is 17.4. The van der Waals surface area contributed by atoms with E-state index < -0.39 is 32.9 Å². The molecule has 0 aliphatic carbocycles. The quantitative estimate of drug-likeness (QED) is 0.647. The van der Waals surface area contributed by atoms with Crippen LogP contribution in [0.5, 0.6) is 0 Å². The minimum atomic E-state index is -4.04. The number of non-ortho nitro benzene ring substituents is 1. The first-order valence-corrected chi connectivity index (χ1v) is 8.66. The van der Waals surface area contributed by atoms with Gasteiger partial charge < -0.3 is 5.11 Å². The zero-order valence-corrected chi connectivity index (χ0v) is 13.7. The number of halogens is 1. The first-order chi connectivity index (χ1) is 10.7. The number of sulfonamides is 1. The van der Waals surface area contributed by atoms with Crippen molar-refractivity contribution in [1.82, 2.24) is 4.31 Å². The molecule has 0 saturated carbocycles. The van der Waals surface area contributed by atoms with E-state index in [1.54, 1.807) is 0 Å². The first-order valence-electron chi connectivity index (χ1n) is 6.85. The Morgan fingerprint density at radius 1 is 1.48 bits per heavy atom. The van der Waals surface area contributed by atoms with E-state index in [9.17, 15) is 28.4 Å². The third-order valence-electron chi connectivity index (χ3n) is 3.96. The molecule has 1 N–H and O–H groups in total. The number of carbonyl (C=O) groups is 1. The second-order valence-corrected chi connectivity index (χ2v) is 7.58. The Morgan fingerprint density at radius 3 is 2.65 bits per heavy atom. The van der Waals surface area contributed by atoms with E-state index in [1.807, 2.05) is 0 Å². The van der Waals surface area contributed by atoms with Crippen LogP contribution in [0.1, 0.15) is 19.8 Å². The molecule has 126 valence electrons. The number of rotatable bonds is 4. The van der Waals surface area contributed by atoms with Gasteiger partial charge in [0, 0.05) is 24.7 Å². The van der Waals surface area contributed by atoms with E-state index in [-0.39, 0.29) is 22.2 Å². The van der Waals surface area contributed by atoms with Crippen molar-refractivity contribution in [3.8, 4) is 0 Å². The van der Waals surface area contributed by atoms with Crippen LogP contribution in [0, 0.1) is 16.0 Å². The summed E-state index contributed by atoms with van der Waals surface area (Å²) < 4.78 is 26.6. The molecule has 8 nitrogen and oxygen atoms in total. The molecule has 0 unspecified atom stereocenters. The van der Waals surface area contributed by atoms with E-state index in [0.29, 0.717) is 12.8 Å². The molecule has 1 aromatic rings. The predicted octanol–water partition coefficient (Wildman–Crippen LogP) is 2.12. The van der Waals surface area contributed by atoms with Gasteiger partial charge in [-0.25, -0.2) is 8.42 Å². The lowest BCUT2D eigenvalue weighted by Gasteiger charge is -2.36. The van der Waals surface area contributed by atoms with Gasteiger partial charge in [0.05, 0.1) is 15.9 Å². The normalized spacial score (nSPS) is 22.7. The van der Waals surface area contributed by atoms with Gasteiger partial charge in [-0.15, -0.1) is 0 Å². The van der Waals surface area contributed by atoms with Gasteiger partial charge >= 0.3 is 5.97 Å². The monoisotopic (exact) mass is 362 g/mol. The highest BCUT2D eigenvalue weighted by atomic mass is 35.5. The number of aliphatic carboxylic acids is 1. The Bertz CT molecular complexity index is 751. The van der Waals surface area contributed by atoms with E-state index in [1.165, 1.54) is 6.92 Å². The van der Waals surface area contributed by atoms with Crippen LogP contribution in [0.4, 0.5) is 5.69 Å². The van der Waals surface area contributed by atoms with Crippen LogP contribution in [0.15, 0.2) is 23.1 Å². The van der Waals surface area contributed by atoms with Crippen molar-refractivity contribution in [2.24, 2.45) is 5.92 Å². The molecule has 1 heterocycles. The highest BCUT2D eigenvalue weighted by molar-refractivity contribution is 7.89. The summed E-state index contributed by atoms with van der Waals surface area (Å²) in [7, 11) is -4.04. The molecule has 1 aromatic carbocycles. The minimum absolute atomic E-state index is 0.181. The van der Waals surface area contributed by atoms with Gasteiger partial charge in [0.2, 0.25) is 10.0 Å². The van der Waals surface area contributed by atoms with Gasteiger partial charge in [-0.05, 0) is 25.8 Å². The van der Waals surface area contributed by atoms with Crippen molar-refractivity contribution < 1.29 is 23.2 Å². The van der Waals surface area contributed by atoms with Gasteiger partial charge in [0.15, 0.2) is 0 Å². The maximum absolute atomic E-state index is 12.7. The summed E-state index contributed by atoms with van der Waals surface area (Å²) in [6.07, 6.45) is 0.821. The fourth-order valence-electron chi connectivity index (χ4n) is 2.72. The maximum Gasteiger partial charge on any atom is 0.308 e. The van der Waals surface area contributed by atoms with E-state index in [0.717, 1.165) is 22.5 Å². The molecule has 1 fully saturated rings. The number of piperidine rings is 1. The Balaban J connectivity index is 2.42. The second-order valence-electron chi connectivity index (χ2n) is 5.32. The molecular formula is C13H15ClN2O6S. The molecule has 1 saturated heterocycles. The minimum Gasteiger partial charge on any atom is -0.481 e. The standard InChI is InChI=1S/C13H15ClN2O6S/c1-8-10(13(17)18)3-2-6-15(8)23(21,22)12-5-4-9(16(19)20)7-11(12)14/h4-5,7-8,10H,2-3,6H2,1H3,(H,17,18)/t8-,10-/m1/s1. The van der Waals surface area contributed by atoms with Gasteiger partial charge in [-0.2, -0.15) is 4.31 Å². The summed E-state index contributed by atoms with van der Waals surface area (Å²) in [5.74, 6) is -1.84. The van der Waals surface area contributed by atoms with Crippen molar-refractivity contribution >= 4 is 33.3 Å². The van der Waals surface area contributed by atoms with Crippen LogP contribution in [0.3, 0.4) is 0 Å². The Labute approximate surface area is 137 Å². The third kappa shape index (κ3) is 3.31. The van der Waals surface area contributed by atoms with E-state index in [2.05, 4.69) is 0 Å². The maximum atomic E-state index is 12.7. The predicted molar refractivity (Wildman–Crippen MR) is 81.8 cm³/mol.